The second-order valence-corrected chi connectivity index (χ2v) is 5.59. The molecule has 0 aliphatic carbocycles. The molecule has 2 heterocycles. The van der Waals surface area contributed by atoms with Gasteiger partial charge in [-0.25, -0.2) is 0 Å². The summed E-state index contributed by atoms with van der Waals surface area (Å²) < 4.78 is 5.20. The molecule has 0 spiro atoms. The Balaban J connectivity index is 1.88. The van der Waals surface area contributed by atoms with Gasteiger partial charge in [0, 0.05) is 32.7 Å². The first-order valence-corrected chi connectivity index (χ1v) is 7.38. The Kier molecular flexibility index (Phi) is 5.17. The maximum absolute atomic E-state index is 12.6. The zero-order valence-electron chi connectivity index (χ0n) is 12.2. The van der Waals surface area contributed by atoms with Crippen LogP contribution in [-0.4, -0.2) is 61.0 Å². The third-order valence-electron chi connectivity index (χ3n) is 4.35. The lowest BCUT2D eigenvalue weighted by Gasteiger charge is -2.34. The summed E-state index contributed by atoms with van der Waals surface area (Å²) in [5.74, 6) is 0.269. The van der Waals surface area contributed by atoms with Gasteiger partial charge in [-0.15, -0.1) is 0 Å². The summed E-state index contributed by atoms with van der Waals surface area (Å²) in [6, 6.07) is 0.236. The minimum atomic E-state index is -0.0330. The lowest BCUT2D eigenvalue weighted by atomic mass is 9.95. The predicted molar refractivity (Wildman–Crippen MR) is 76.1 cm³/mol. The van der Waals surface area contributed by atoms with Crippen LogP contribution in [-0.2, 0) is 14.3 Å². The molecule has 0 aromatic rings. The SMILES string of the molecule is C=CC(=O)N1CCC(C(=O)N2CCCC2COC)CC1. The molecule has 0 N–H and O–H groups in total. The van der Waals surface area contributed by atoms with E-state index in [9.17, 15) is 9.59 Å². The zero-order valence-corrected chi connectivity index (χ0v) is 12.2. The summed E-state index contributed by atoms with van der Waals surface area (Å²) in [5, 5.41) is 0. The van der Waals surface area contributed by atoms with Gasteiger partial charge in [0.25, 0.3) is 0 Å². The molecular formula is C15H24N2O3. The Morgan fingerprint density at radius 1 is 1.25 bits per heavy atom. The maximum atomic E-state index is 12.6. The Morgan fingerprint density at radius 2 is 1.95 bits per heavy atom. The molecule has 0 aromatic heterocycles. The first-order valence-electron chi connectivity index (χ1n) is 7.38. The fourth-order valence-electron chi connectivity index (χ4n) is 3.20. The van der Waals surface area contributed by atoms with Gasteiger partial charge in [-0.1, -0.05) is 6.58 Å². The van der Waals surface area contributed by atoms with E-state index >= 15 is 0 Å². The molecule has 2 fully saturated rings. The van der Waals surface area contributed by atoms with E-state index in [1.807, 2.05) is 4.90 Å². The number of likely N-dealkylation sites (tertiary alicyclic amines) is 2. The molecule has 20 heavy (non-hydrogen) atoms. The lowest BCUT2D eigenvalue weighted by Crippen LogP contribution is -2.46. The van der Waals surface area contributed by atoms with Crippen molar-refractivity contribution in [1.29, 1.82) is 0 Å². The molecule has 1 atom stereocenters. The second kappa shape index (κ2) is 6.88. The molecule has 5 heteroatoms. The molecule has 112 valence electrons. The summed E-state index contributed by atoms with van der Waals surface area (Å²) in [7, 11) is 1.68. The van der Waals surface area contributed by atoms with Crippen LogP contribution in [0.5, 0.6) is 0 Å². The van der Waals surface area contributed by atoms with Crippen LogP contribution in [0.4, 0.5) is 0 Å². The van der Waals surface area contributed by atoms with E-state index in [-0.39, 0.29) is 23.8 Å². The molecule has 2 rings (SSSR count). The highest BCUT2D eigenvalue weighted by Gasteiger charge is 2.34. The van der Waals surface area contributed by atoms with Crippen molar-refractivity contribution in [2.24, 2.45) is 5.92 Å². The third-order valence-corrected chi connectivity index (χ3v) is 4.35. The minimum Gasteiger partial charge on any atom is -0.383 e. The van der Waals surface area contributed by atoms with Crippen LogP contribution in [0.15, 0.2) is 12.7 Å². The molecular weight excluding hydrogens is 256 g/mol. The summed E-state index contributed by atoms with van der Waals surface area (Å²) in [6.45, 7) is 6.29. The van der Waals surface area contributed by atoms with Crippen LogP contribution < -0.4 is 0 Å². The second-order valence-electron chi connectivity index (χ2n) is 5.59. The average molecular weight is 280 g/mol. The number of methoxy groups -OCH3 is 1. The monoisotopic (exact) mass is 280 g/mol. The van der Waals surface area contributed by atoms with Crippen LogP contribution in [0.3, 0.4) is 0 Å². The van der Waals surface area contributed by atoms with E-state index < -0.39 is 0 Å². The Labute approximate surface area is 120 Å². The molecule has 2 amide bonds. The van der Waals surface area contributed by atoms with Gasteiger partial charge >= 0.3 is 0 Å². The fraction of sp³-hybridized carbons (Fsp3) is 0.733. The quantitative estimate of drug-likeness (QED) is 0.723. The van der Waals surface area contributed by atoms with Crippen molar-refractivity contribution in [1.82, 2.24) is 9.80 Å². The average Bonchev–Trinajstić information content (AvgIpc) is 2.94. The lowest BCUT2D eigenvalue weighted by molar-refractivity contribution is -0.140. The van der Waals surface area contributed by atoms with Gasteiger partial charge in [-0.3, -0.25) is 9.59 Å². The fourth-order valence-corrected chi connectivity index (χ4v) is 3.20. The van der Waals surface area contributed by atoms with Crippen LogP contribution in [0.25, 0.3) is 0 Å². The van der Waals surface area contributed by atoms with E-state index in [4.69, 9.17) is 4.74 Å². The van der Waals surface area contributed by atoms with Gasteiger partial charge in [0.2, 0.25) is 11.8 Å². The maximum Gasteiger partial charge on any atom is 0.245 e. The molecule has 2 saturated heterocycles. The molecule has 2 aliphatic heterocycles. The summed E-state index contributed by atoms with van der Waals surface area (Å²) in [5.41, 5.74) is 0. The topological polar surface area (TPSA) is 49.9 Å². The Morgan fingerprint density at radius 3 is 2.55 bits per heavy atom. The van der Waals surface area contributed by atoms with E-state index in [0.717, 1.165) is 32.2 Å². The first-order chi connectivity index (χ1) is 9.67. The summed E-state index contributed by atoms with van der Waals surface area (Å²) in [4.78, 5) is 27.9. The van der Waals surface area contributed by atoms with Crippen molar-refractivity contribution in [3.8, 4) is 0 Å². The molecule has 0 bridgehead atoms. The number of hydrogen-bond acceptors (Lipinski definition) is 3. The molecule has 0 aromatic carbocycles. The Hall–Kier alpha value is -1.36. The smallest absolute Gasteiger partial charge is 0.245 e. The number of nitrogens with zero attached hydrogens (tertiary/aromatic N) is 2. The van der Waals surface area contributed by atoms with Crippen LogP contribution >= 0.6 is 0 Å². The van der Waals surface area contributed by atoms with Crippen molar-refractivity contribution in [2.45, 2.75) is 31.7 Å². The van der Waals surface area contributed by atoms with Gasteiger partial charge in [0.1, 0.15) is 0 Å². The van der Waals surface area contributed by atoms with Gasteiger partial charge in [0.05, 0.1) is 12.6 Å². The molecule has 0 saturated carbocycles. The highest BCUT2D eigenvalue weighted by molar-refractivity contribution is 5.87. The number of ether oxygens (including phenoxy) is 1. The minimum absolute atomic E-state index is 0.0330. The number of piperidine rings is 1. The van der Waals surface area contributed by atoms with Gasteiger partial charge < -0.3 is 14.5 Å². The molecule has 0 radical (unpaired) electrons. The van der Waals surface area contributed by atoms with Crippen molar-refractivity contribution in [3.63, 3.8) is 0 Å². The largest absolute Gasteiger partial charge is 0.383 e. The molecule has 5 nitrogen and oxygen atoms in total. The van der Waals surface area contributed by atoms with Crippen LogP contribution in [0, 0.1) is 5.92 Å². The number of amides is 2. The van der Waals surface area contributed by atoms with Crippen molar-refractivity contribution in [3.05, 3.63) is 12.7 Å². The van der Waals surface area contributed by atoms with Crippen molar-refractivity contribution in [2.75, 3.05) is 33.4 Å². The van der Waals surface area contributed by atoms with Crippen molar-refractivity contribution < 1.29 is 14.3 Å². The molecule has 2 aliphatic rings. The predicted octanol–water partition coefficient (Wildman–Crippen LogP) is 1.05. The normalized spacial score (nSPS) is 23.9. The van der Waals surface area contributed by atoms with Crippen molar-refractivity contribution >= 4 is 11.8 Å². The van der Waals surface area contributed by atoms with Crippen LogP contribution in [0.1, 0.15) is 25.7 Å². The van der Waals surface area contributed by atoms with Gasteiger partial charge in [-0.2, -0.15) is 0 Å². The zero-order chi connectivity index (χ0) is 14.5. The number of carbonyl (C=O) groups is 2. The number of hydrogen-bond donors (Lipinski definition) is 0. The number of rotatable bonds is 4. The summed E-state index contributed by atoms with van der Waals surface area (Å²) >= 11 is 0. The number of carbonyl (C=O) groups excluding carboxylic acids is 2. The molecule has 1 unspecified atom stereocenters. The van der Waals surface area contributed by atoms with E-state index in [0.29, 0.717) is 19.7 Å². The highest BCUT2D eigenvalue weighted by atomic mass is 16.5. The summed E-state index contributed by atoms with van der Waals surface area (Å²) in [6.07, 6.45) is 4.96. The Bertz CT molecular complexity index is 375. The van der Waals surface area contributed by atoms with Crippen LogP contribution in [0.2, 0.25) is 0 Å². The first kappa shape index (κ1) is 15.0. The van der Waals surface area contributed by atoms with E-state index in [2.05, 4.69) is 6.58 Å². The third kappa shape index (κ3) is 3.20. The van der Waals surface area contributed by atoms with Gasteiger partial charge in [0.15, 0.2) is 0 Å². The van der Waals surface area contributed by atoms with E-state index in [1.165, 1.54) is 6.08 Å². The van der Waals surface area contributed by atoms with E-state index in [1.54, 1.807) is 12.0 Å². The van der Waals surface area contributed by atoms with Gasteiger partial charge in [-0.05, 0) is 31.8 Å². The standard InChI is InChI=1S/C15H24N2O3/c1-3-14(18)16-9-6-12(7-10-16)15(19)17-8-4-5-13(17)11-20-2/h3,12-13H,1,4-11H2,2H3. The highest BCUT2D eigenvalue weighted by Crippen LogP contribution is 2.25.